The summed E-state index contributed by atoms with van der Waals surface area (Å²) in [4.78, 5) is 15.3. The van der Waals surface area contributed by atoms with Crippen LogP contribution in [0.3, 0.4) is 0 Å². The fraction of sp³-hybridized carbons (Fsp3) is 0.312. The Balaban J connectivity index is 1.79. The normalized spacial score (nSPS) is 14.0. The van der Waals surface area contributed by atoms with Crippen molar-refractivity contribution >= 4 is 23.1 Å². The van der Waals surface area contributed by atoms with E-state index >= 15 is 0 Å². The van der Waals surface area contributed by atoms with Crippen LogP contribution in [0.5, 0.6) is 0 Å². The SMILES string of the molecule is O=C(Nc1ccccc1-c1cccs1)N(CCO)C1CC1. The van der Waals surface area contributed by atoms with E-state index in [0.29, 0.717) is 6.54 Å². The number of para-hydroxylation sites is 1. The number of hydrogen-bond acceptors (Lipinski definition) is 3. The number of anilines is 1. The molecule has 1 aliphatic rings. The molecule has 3 rings (SSSR count). The smallest absolute Gasteiger partial charge is 0.322 e. The number of aliphatic hydroxyl groups excluding tert-OH is 1. The first-order chi connectivity index (χ1) is 10.3. The molecule has 1 aromatic carbocycles. The maximum atomic E-state index is 12.4. The van der Waals surface area contributed by atoms with Gasteiger partial charge in [-0.15, -0.1) is 11.3 Å². The molecule has 0 bridgehead atoms. The van der Waals surface area contributed by atoms with Gasteiger partial charge in [0.15, 0.2) is 0 Å². The Kier molecular flexibility index (Phi) is 4.22. The van der Waals surface area contributed by atoms with Crippen molar-refractivity contribution < 1.29 is 9.90 Å². The minimum atomic E-state index is -0.129. The van der Waals surface area contributed by atoms with Gasteiger partial charge in [-0.25, -0.2) is 4.79 Å². The molecule has 0 radical (unpaired) electrons. The van der Waals surface area contributed by atoms with Crippen LogP contribution in [0.2, 0.25) is 0 Å². The molecule has 0 saturated heterocycles. The lowest BCUT2D eigenvalue weighted by Crippen LogP contribution is -2.38. The summed E-state index contributed by atoms with van der Waals surface area (Å²) < 4.78 is 0. The highest BCUT2D eigenvalue weighted by Crippen LogP contribution is 2.32. The first-order valence-corrected chi connectivity index (χ1v) is 7.99. The first kappa shape index (κ1) is 14.1. The molecule has 0 atom stereocenters. The lowest BCUT2D eigenvalue weighted by Gasteiger charge is -2.22. The minimum absolute atomic E-state index is 0.00348. The fourth-order valence-electron chi connectivity index (χ4n) is 2.37. The number of thiophene rings is 1. The van der Waals surface area contributed by atoms with E-state index in [1.54, 1.807) is 16.2 Å². The summed E-state index contributed by atoms with van der Waals surface area (Å²) in [5.74, 6) is 0. The van der Waals surface area contributed by atoms with Crippen LogP contribution in [-0.4, -0.2) is 35.2 Å². The Morgan fingerprint density at radius 1 is 1.29 bits per heavy atom. The lowest BCUT2D eigenvalue weighted by atomic mass is 10.1. The number of carbonyl (C=O) groups is 1. The van der Waals surface area contributed by atoms with E-state index in [1.807, 2.05) is 41.8 Å². The van der Waals surface area contributed by atoms with Crippen LogP contribution in [-0.2, 0) is 0 Å². The van der Waals surface area contributed by atoms with Gasteiger partial charge in [0.05, 0.1) is 12.3 Å². The van der Waals surface area contributed by atoms with Crippen molar-refractivity contribution in [3.05, 3.63) is 41.8 Å². The topological polar surface area (TPSA) is 52.6 Å². The molecule has 0 spiro atoms. The zero-order valence-electron chi connectivity index (χ0n) is 11.7. The van der Waals surface area contributed by atoms with Gasteiger partial charge in [-0.2, -0.15) is 0 Å². The van der Waals surface area contributed by atoms with Crippen LogP contribution in [0.15, 0.2) is 41.8 Å². The number of aliphatic hydroxyl groups is 1. The summed E-state index contributed by atoms with van der Waals surface area (Å²) in [7, 11) is 0. The molecular weight excluding hydrogens is 284 g/mol. The average molecular weight is 302 g/mol. The summed E-state index contributed by atoms with van der Waals surface area (Å²) >= 11 is 1.65. The third-order valence-electron chi connectivity index (χ3n) is 3.54. The van der Waals surface area contributed by atoms with Crippen LogP contribution in [0.25, 0.3) is 10.4 Å². The standard InChI is InChI=1S/C16H18N2O2S/c19-10-9-18(12-7-8-12)16(20)17-14-5-2-1-4-13(14)15-6-3-11-21-15/h1-6,11-12,19H,7-10H2,(H,17,20). The predicted molar refractivity (Wildman–Crippen MR) is 85.6 cm³/mol. The number of hydrogen-bond donors (Lipinski definition) is 2. The molecule has 110 valence electrons. The van der Waals surface area contributed by atoms with Gasteiger partial charge in [-0.05, 0) is 30.4 Å². The molecule has 1 aromatic heterocycles. The molecule has 1 saturated carbocycles. The second-order valence-corrected chi connectivity index (χ2v) is 6.05. The Bertz CT molecular complexity index is 608. The highest BCUT2D eigenvalue weighted by molar-refractivity contribution is 7.13. The van der Waals surface area contributed by atoms with Crippen molar-refractivity contribution in [2.75, 3.05) is 18.5 Å². The van der Waals surface area contributed by atoms with E-state index < -0.39 is 0 Å². The summed E-state index contributed by atoms with van der Waals surface area (Å²) in [5.41, 5.74) is 1.84. The van der Waals surface area contributed by atoms with Gasteiger partial charge < -0.3 is 15.3 Å². The van der Waals surface area contributed by atoms with Crippen LogP contribution in [0.4, 0.5) is 10.5 Å². The number of amides is 2. The third-order valence-corrected chi connectivity index (χ3v) is 4.45. The van der Waals surface area contributed by atoms with Gasteiger partial charge in [0, 0.05) is 23.0 Å². The zero-order valence-corrected chi connectivity index (χ0v) is 12.5. The van der Waals surface area contributed by atoms with E-state index in [2.05, 4.69) is 5.32 Å². The zero-order chi connectivity index (χ0) is 14.7. The minimum Gasteiger partial charge on any atom is -0.395 e. The van der Waals surface area contributed by atoms with Crippen molar-refractivity contribution in [2.45, 2.75) is 18.9 Å². The Morgan fingerprint density at radius 2 is 2.10 bits per heavy atom. The number of nitrogens with zero attached hydrogens (tertiary/aromatic N) is 1. The molecule has 5 heteroatoms. The maximum Gasteiger partial charge on any atom is 0.322 e. The van der Waals surface area contributed by atoms with E-state index in [9.17, 15) is 4.79 Å². The molecule has 4 nitrogen and oxygen atoms in total. The largest absolute Gasteiger partial charge is 0.395 e. The van der Waals surface area contributed by atoms with Gasteiger partial charge in [0.25, 0.3) is 0 Å². The average Bonchev–Trinajstić information content (AvgIpc) is 3.19. The monoisotopic (exact) mass is 302 g/mol. The fourth-order valence-corrected chi connectivity index (χ4v) is 3.14. The molecule has 0 aliphatic heterocycles. The van der Waals surface area contributed by atoms with E-state index in [0.717, 1.165) is 29.0 Å². The van der Waals surface area contributed by atoms with Crippen LogP contribution >= 0.6 is 11.3 Å². The van der Waals surface area contributed by atoms with Crippen LogP contribution in [0.1, 0.15) is 12.8 Å². The highest BCUT2D eigenvalue weighted by atomic mass is 32.1. The second kappa shape index (κ2) is 6.28. The van der Waals surface area contributed by atoms with Gasteiger partial charge >= 0.3 is 6.03 Å². The Morgan fingerprint density at radius 3 is 2.76 bits per heavy atom. The lowest BCUT2D eigenvalue weighted by molar-refractivity contribution is 0.185. The predicted octanol–water partition coefficient (Wildman–Crippen LogP) is 3.40. The molecule has 1 aliphatic carbocycles. The highest BCUT2D eigenvalue weighted by Gasteiger charge is 2.32. The number of carbonyl (C=O) groups excluding carboxylic acids is 1. The Labute approximate surface area is 128 Å². The van der Waals surface area contributed by atoms with Crippen LogP contribution < -0.4 is 5.32 Å². The Hall–Kier alpha value is -1.85. The van der Waals surface area contributed by atoms with Crippen molar-refractivity contribution in [3.63, 3.8) is 0 Å². The summed E-state index contributed by atoms with van der Waals surface area (Å²) in [6, 6.07) is 12.0. The molecule has 0 unspecified atom stereocenters. The molecule has 21 heavy (non-hydrogen) atoms. The van der Waals surface area contributed by atoms with E-state index in [4.69, 9.17) is 5.11 Å². The summed E-state index contributed by atoms with van der Waals surface area (Å²) in [5, 5.41) is 14.1. The van der Waals surface area contributed by atoms with Gasteiger partial charge in [-0.1, -0.05) is 24.3 Å². The second-order valence-electron chi connectivity index (χ2n) is 5.10. The number of urea groups is 1. The molecular formula is C16H18N2O2S. The number of nitrogens with one attached hydrogen (secondary N) is 1. The molecule has 1 fully saturated rings. The molecule has 2 aromatic rings. The van der Waals surface area contributed by atoms with Crippen molar-refractivity contribution in [1.29, 1.82) is 0 Å². The third kappa shape index (κ3) is 3.25. The molecule has 2 N–H and O–H groups in total. The number of benzene rings is 1. The van der Waals surface area contributed by atoms with Crippen molar-refractivity contribution in [2.24, 2.45) is 0 Å². The van der Waals surface area contributed by atoms with Crippen LogP contribution in [0, 0.1) is 0 Å². The number of rotatable bonds is 5. The van der Waals surface area contributed by atoms with Crippen molar-refractivity contribution in [3.8, 4) is 10.4 Å². The maximum absolute atomic E-state index is 12.4. The van der Waals surface area contributed by atoms with E-state index in [1.165, 1.54) is 0 Å². The summed E-state index contributed by atoms with van der Waals surface area (Å²) in [6.07, 6.45) is 2.06. The van der Waals surface area contributed by atoms with Crippen molar-refractivity contribution in [1.82, 2.24) is 4.90 Å². The summed E-state index contributed by atoms with van der Waals surface area (Å²) in [6.45, 7) is 0.383. The molecule has 1 heterocycles. The van der Waals surface area contributed by atoms with Gasteiger partial charge in [0.1, 0.15) is 0 Å². The van der Waals surface area contributed by atoms with E-state index in [-0.39, 0.29) is 18.7 Å². The van der Waals surface area contributed by atoms with Gasteiger partial charge in [0.2, 0.25) is 0 Å². The van der Waals surface area contributed by atoms with Gasteiger partial charge in [-0.3, -0.25) is 0 Å². The quantitative estimate of drug-likeness (QED) is 0.889. The first-order valence-electron chi connectivity index (χ1n) is 7.11. The molecule has 2 amide bonds.